The van der Waals surface area contributed by atoms with E-state index in [-0.39, 0.29) is 31.2 Å². The smallest absolute Gasteiger partial charge is 0.317 e. The van der Waals surface area contributed by atoms with Crippen molar-refractivity contribution in [3.63, 3.8) is 0 Å². The fourth-order valence-corrected chi connectivity index (χ4v) is 2.72. The number of carbonyl (C=O) groups is 2. The Bertz CT molecular complexity index is 319. The molecule has 116 valence electrons. The van der Waals surface area contributed by atoms with Crippen molar-refractivity contribution in [2.45, 2.75) is 38.3 Å². The molecule has 0 bridgehead atoms. The van der Waals surface area contributed by atoms with E-state index in [1.807, 2.05) is 13.2 Å². The Kier molecular flexibility index (Phi) is 7.76. The van der Waals surface area contributed by atoms with Gasteiger partial charge in [0.25, 0.3) is 0 Å². The van der Waals surface area contributed by atoms with Gasteiger partial charge in [0.05, 0.1) is 19.1 Å². The molecule has 0 spiro atoms. The number of carboxylic acid groups (broad SMARTS) is 1. The predicted molar refractivity (Wildman–Crippen MR) is 79.2 cm³/mol. The topological polar surface area (TPSA) is 78.9 Å². The molecule has 7 heteroatoms. The maximum atomic E-state index is 12.0. The van der Waals surface area contributed by atoms with Gasteiger partial charge in [0.1, 0.15) is 0 Å². The van der Waals surface area contributed by atoms with Crippen LogP contribution in [0, 0.1) is 0 Å². The molecule has 1 fully saturated rings. The lowest BCUT2D eigenvalue weighted by Crippen LogP contribution is -2.48. The van der Waals surface area contributed by atoms with Crippen LogP contribution in [0.1, 0.15) is 26.2 Å². The number of amides is 2. The number of ether oxygens (including phenoxy) is 1. The quantitative estimate of drug-likeness (QED) is 0.743. The third kappa shape index (κ3) is 6.47. The van der Waals surface area contributed by atoms with Crippen LogP contribution in [0.15, 0.2) is 0 Å². The number of nitrogens with one attached hydrogen (secondary N) is 1. The summed E-state index contributed by atoms with van der Waals surface area (Å²) in [6, 6.07) is 0.151. The third-order valence-corrected chi connectivity index (χ3v) is 4.02. The number of likely N-dealkylation sites (tertiary alicyclic amines) is 1. The SMILES string of the molecule is CSCC(C)NC(=O)N1CCC(OCCC(=O)O)CC1. The Balaban J connectivity index is 2.20. The van der Waals surface area contributed by atoms with E-state index in [4.69, 9.17) is 9.84 Å². The first-order valence-electron chi connectivity index (χ1n) is 6.90. The van der Waals surface area contributed by atoms with Crippen molar-refractivity contribution in [2.75, 3.05) is 31.7 Å². The minimum atomic E-state index is -0.843. The molecular formula is C13H24N2O4S. The van der Waals surface area contributed by atoms with Gasteiger partial charge in [-0.2, -0.15) is 11.8 Å². The lowest BCUT2D eigenvalue weighted by atomic mass is 10.1. The summed E-state index contributed by atoms with van der Waals surface area (Å²) in [6.07, 6.45) is 3.66. The van der Waals surface area contributed by atoms with Crippen LogP contribution in [0.4, 0.5) is 4.79 Å². The molecule has 0 radical (unpaired) electrons. The van der Waals surface area contributed by atoms with Crippen LogP contribution in [-0.4, -0.2) is 65.9 Å². The molecule has 0 aromatic rings. The van der Waals surface area contributed by atoms with Crippen molar-refractivity contribution in [3.8, 4) is 0 Å². The summed E-state index contributed by atoms with van der Waals surface area (Å²) in [5, 5.41) is 11.5. The lowest BCUT2D eigenvalue weighted by molar-refractivity contribution is -0.138. The Morgan fingerprint density at radius 1 is 1.45 bits per heavy atom. The zero-order valence-corrected chi connectivity index (χ0v) is 12.9. The average Bonchev–Trinajstić information content (AvgIpc) is 2.39. The van der Waals surface area contributed by atoms with Crippen LogP contribution >= 0.6 is 11.8 Å². The molecule has 20 heavy (non-hydrogen) atoms. The summed E-state index contributed by atoms with van der Waals surface area (Å²) in [5.41, 5.74) is 0. The van der Waals surface area contributed by atoms with E-state index >= 15 is 0 Å². The fourth-order valence-electron chi connectivity index (χ4n) is 2.13. The number of rotatable bonds is 7. The highest BCUT2D eigenvalue weighted by molar-refractivity contribution is 7.98. The van der Waals surface area contributed by atoms with Crippen LogP contribution in [0.3, 0.4) is 0 Å². The molecule has 2 amide bonds. The summed E-state index contributed by atoms with van der Waals surface area (Å²) in [5.74, 6) is 0.0603. The third-order valence-electron chi connectivity index (χ3n) is 3.19. The molecule has 0 aromatic heterocycles. The van der Waals surface area contributed by atoms with Gasteiger partial charge < -0.3 is 20.1 Å². The molecule has 1 saturated heterocycles. The van der Waals surface area contributed by atoms with Gasteiger partial charge in [0, 0.05) is 24.9 Å². The zero-order valence-electron chi connectivity index (χ0n) is 12.1. The minimum absolute atomic E-state index is 0.0180. The molecular weight excluding hydrogens is 280 g/mol. The summed E-state index contributed by atoms with van der Waals surface area (Å²) in [4.78, 5) is 24.2. The Morgan fingerprint density at radius 2 is 2.10 bits per heavy atom. The highest BCUT2D eigenvalue weighted by Gasteiger charge is 2.23. The molecule has 1 heterocycles. The Hall–Kier alpha value is -0.950. The Morgan fingerprint density at radius 3 is 2.65 bits per heavy atom. The van der Waals surface area contributed by atoms with Crippen LogP contribution in [0.5, 0.6) is 0 Å². The summed E-state index contributed by atoms with van der Waals surface area (Å²) in [6.45, 7) is 3.57. The second-order valence-electron chi connectivity index (χ2n) is 5.01. The van der Waals surface area contributed by atoms with Crippen molar-refractivity contribution < 1.29 is 19.4 Å². The number of carboxylic acids is 1. The van der Waals surface area contributed by atoms with Crippen molar-refractivity contribution >= 4 is 23.8 Å². The summed E-state index contributed by atoms with van der Waals surface area (Å²) in [7, 11) is 0. The molecule has 1 unspecified atom stereocenters. The van der Waals surface area contributed by atoms with Gasteiger partial charge in [-0.25, -0.2) is 4.79 Å². The number of hydrogen-bond donors (Lipinski definition) is 2. The van der Waals surface area contributed by atoms with Crippen molar-refractivity contribution in [1.29, 1.82) is 0 Å². The normalized spacial score (nSPS) is 17.8. The maximum Gasteiger partial charge on any atom is 0.317 e. The van der Waals surface area contributed by atoms with Gasteiger partial charge in [-0.3, -0.25) is 4.79 Å². The second kappa shape index (κ2) is 9.07. The second-order valence-corrected chi connectivity index (χ2v) is 5.92. The number of nitrogens with zero attached hydrogens (tertiary/aromatic N) is 1. The highest BCUT2D eigenvalue weighted by atomic mass is 32.2. The lowest BCUT2D eigenvalue weighted by Gasteiger charge is -2.32. The molecule has 1 atom stereocenters. The van der Waals surface area contributed by atoms with Crippen LogP contribution in [-0.2, 0) is 9.53 Å². The van der Waals surface area contributed by atoms with Crippen molar-refractivity contribution in [1.82, 2.24) is 10.2 Å². The average molecular weight is 304 g/mol. The van der Waals surface area contributed by atoms with E-state index in [0.29, 0.717) is 13.1 Å². The first-order chi connectivity index (χ1) is 9.52. The molecule has 2 N–H and O–H groups in total. The van der Waals surface area contributed by atoms with Gasteiger partial charge in [0.2, 0.25) is 0 Å². The number of carbonyl (C=O) groups excluding carboxylic acids is 1. The van der Waals surface area contributed by atoms with Crippen LogP contribution in [0.25, 0.3) is 0 Å². The number of aliphatic carboxylic acids is 1. The molecule has 0 aliphatic carbocycles. The first kappa shape index (κ1) is 17.1. The van der Waals surface area contributed by atoms with Gasteiger partial charge in [0.15, 0.2) is 0 Å². The van der Waals surface area contributed by atoms with E-state index in [1.165, 1.54) is 0 Å². The van der Waals surface area contributed by atoms with E-state index in [0.717, 1.165) is 18.6 Å². The number of thioether (sulfide) groups is 1. The highest BCUT2D eigenvalue weighted by Crippen LogP contribution is 2.14. The fraction of sp³-hybridized carbons (Fsp3) is 0.846. The van der Waals surface area contributed by atoms with E-state index < -0.39 is 5.97 Å². The van der Waals surface area contributed by atoms with E-state index in [2.05, 4.69) is 5.32 Å². The minimum Gasteiger partial charge on any atom is -0.481 e. The van der Waals surface area contributed by atoms with Crippen molar-refractivity contribution in [2.24, 2.45) is 0 Å². The molecule has 0 saturated carbocycles. The largest absolute Gasteiger partial charge is 0.481 e. The molecule has 0 aromatic carbocycles. The van der Waals surface area contributed by atoms with Crippen LogP contribution < -0.4 is 5.32 Å². The van der Waals surface area contributed by atoms with Gasteiger partial charge in [-0.1, -0.05) is 0 Å². The molecule has 1 aliphatic heterocycles. The summed E-state index contributed by atoms with van der Waals surface area (Å²) < 4.78 is 5.50. The standard InChI is InChI=1S/C13H24N2O4S/c1-10(9-20-2)14-13(18)15-6-3-11(4-7-15)19-8-5-12(16)17/h10-11H,3-9H2,1-2H3,(H,14,18)(H,16,17). The Labute approximate surface area is 124 Å². The zero-order chi connectivity index (χ0) is 15.0. The molecule has 1 aliphatic rings. The van der Waals surface area contributed by atoms with Crippen LogP contribution in [0.2, 0.25) is 0 Å². The monoisotopic (exact) mass is 304 g/mol. The summed E-state index contributed by atoms with van der Waals surface area (Å²) >= 11 is 1.71. The van der Waals surface area contributed by atoms with Gasteiger partial charge in [-0.15, -0.1) is 0 Å². The maximum absolute atomic E-state index is 12.0. The van der Waals surface area contributed by atoms with Gasteiger partial charge in [-0.05, 0) is 26.0 Å². The predicted octanol–water partition coefficient (Wildman–Crippen LogP) is 1.40. The number of urea groups is 1. The van der Waals surface area contributed by atoms with Gasteiger partial charge >= 0.3 is 12.0 Å². The number of piperidine rings is 1. The first-order valence-corrected chi connectivity index (χ1v) is 8.30. The number of hydrogen-bond acceptors (Lipinski definition) is 4. The molecule has 6 nitrogen and oxygen atoms in total. The molecule has 1 rings (SSSR count). The van der Waals surface area contributed by atoms with Crippen molar-refractivity contribution in [3.05, 3.63) is 0 Å². The van der Waals surface area contributed by atoms with E-state index in [9.17, 15) is 9.59 Å². The van der Waals surface area contributed by atoms with E-state index in [1.54, 1.807) is 16.7 Å².